The Hall–Kier alpha value is -3.23. The number of Topliss-reactive ketones (excluding diaryl/α,β-unsaturated/α-hetero) is 1. The van der Waals surface area contributed by atoms with Gasteiger partial charge >= 0.3 is 25.7 Å². The number of phosphoric acid groups is 1. The number of ether oxygens (including phenoxy) is 2. The summed E-state index contributed by atoms with van der Waals surface area (Å²) in [7, 11) is -4.79. The number of hydrogen-bond acceptors (Lipinski definition) is 12. The van der Waals surface area contributed by atoms with E-state index >= 15 is 0 Å². The first-order valence-corrected chi connectivity index (χ1v) is 22.9. The number of carbonyl (C=O) groups excluding carboxylic acids is 3. The number of nitrogens with two attached hydrogens (primary N) is 1. The number of carboxylic acids is 1. The van der Waals surface area contributed by atoms with Gasteiger partial charge in [-0.05, 0) is 64.2 Å². The number of aliphatic hydroxyl groups is 2. The molecule has 1 unspecified atom stereocenters. The average molecular weight is 854 g/mol. The molecule has 0 amide bonds. The highest BCUT2D eigenvalue weighted by molar-refractivity contribution is 7.47. The molecule has 0 spiro atoms. The normalized spacial score (nSPS) is 20.0. The number of phosphoric ester groups is 1. The van der Waals surface area contributed by atoms with Crippen molar-refractivity contribution in [1.29, 1.82) is 0 Å². The summed E-state index contributed by atoms with van der Waals surface area (Å²) < 4.78 is 32.6. The van der Waals surface area contributed by atoms with E-state index in [0.29, 0.717) is 32.1 Å². The van der Waals surface area contributed by atoms with Gasteiger partial charge in [0.2, 0.25) is 0 Å². The third-order valence-corrected chi connectivity index (χ3v) is 10.6. The highest BCUT2D eigenvalue weighted by Gasteiger charge is 2.39. The minimum absolute atomic E-state index is 0.0240. The maximum Gasteiger partial charge on any atom is 0.472 e. The van der Waals surface area contributed by atoms with Crippen LogP contribution in [-0.4, -0.2) is 88.1 Å². The van der Waals surface area contributed by atoms with Crippen molar-refractivity contribution in [3.8, 4) is 0 Å². The van der Waals surface area contributed by atoms with Gasteiger partial charge in [-0.25, -0.2) is 4.57 Å². The van der Waals surface area contributed by atoms with Crippen molar-refractivity contribution in [2.24, 2.45) is 17.6 Å². The van der Waals surface area contributed by atoms with E-state index in [-0.39, 0.29) is 31.0 Å². The smallest absolute Gasteiger partial charge is 0.472 e. The fourth-order valence-electron chi connectivity index (χ4n) is 6.18. The molecular weight excluding hydrogens is 781 g/mol. The maximum atomic E-state index is 12.6. The molecule has 1 rings (SSSR count). The van der Waals surface area contributed by atoms with Crippen molar-refractivity contribution < 1.29 is 62.5 Å². The molecule has 7 atom stereocenters. The molecule has 0 aromatic carbocycles. The zero-order valence-corrected chi connectivity index (χ0v) is 36.2. The lowest BCUT2D eigenvalue weighted by Gasteiger charge is -2.20. The molecule has 59 heavy (non-hydrogen) atoms. The van der Waals surface area contributed by atoms with Crippen LogP contribution in [0.15, 0.2) is 60.8 Å². The molecule has 0 heterocycles. The van der Waals surface area contributed by atoms with Crippen LogP contribution < -0.4 is 5.73 Å². The Kier molecular flexibility index (Phi) is 30.5. The van der Waals surface area contributed by atoms with Crippen LogP contribution in [0.1, 0.15) is 136 Å². The Morgan fingerprint density at radius 3 is 2.15 bits per heavy atom. The van der Waals surface area contributed by atoms with Crippen molar-refractivity contribution in [2.45, 2.75) is 160 Å². The molecule has 0 aromatic heterocycles. The lowest BCUT2D eigenvalue weighted by molar-refractivity contribution is -0.161. The second-order valence-corrected chi connectivity index (χ2v) is 16.3. The zero-order chi connectivity index (χ0) is 43.7. The standard InChI is InChI=1S/C44H72NO13P/c1-3-5-7-8-9-10-11-12-13-14-15-16-17-18-24-28-43(50)58-36(33-56-59(53,54)57-34-39(45)44(51)52)32-55-42(49)27-23-20-19-22-26-37-38(41(48)31-40(37)47)30-29-35(46)25-21-6-4-2/h5,7,9-10,12-13,19,22,29-30,35-40,46-47H,3-4,6,8,11,14-18,20-21,23-28,31-34,45H2,1-2H3,(H,51,52)(H,53,54)/b7-5-,10-9-,13-12-,22-19-,30-29+/t35-,36+,37+,38+,39-,40-/m0/s1. The van der Waals surface area contributed by atoms with E-state index in [1.807, 2.05) is 12.2 Å². The summed E-state index contributed by atoms with van der Waals surface area (Å²) in [5.41, 5.74) is 5.32. The van der Waals surface area contributed by atoms with Crippen molar-refractivity contribution in [3.05, 3.63) is 60.8 Å². The number of aliphatic hydroxyl groups excluding tert-OH is 2. The molecule has 15 heteroatoms. The van der Waals surface area contributed by atoms with Gasteiger partial charge in [0, 0.05) is 31.1 Å². The highest BCUT2D eigenvalue weighted by Crippen LogP contribution is 2.43. The third-order valence-electron chi connectivity index (χ3n) is 9.63. The van der Waals surface area contributed by atoms with Crippen LogP contribution in [0.2, 0.25) is 0 Å². The number of hydrogen-bond donors (Lipinski definition) is 5. The summed E-state index contributed by atoms with van der Waals surface area (Å²) in [5, 5.41) is 29.6. The number of allylic oxidation sites excluding steroid dienone is 9. The zero-order valence-electron chi connectivity index (χ0n) is 35.3. The number of unbranched alkanes of at least 4 members (excludes halogenated alkanes) is 8. The third kappa shape index (κ3) is 28.0. The molecule has 1 aliphatic carbocycles. The number of carbonyl (C=O) groups is 4. The van der Waals surface area contributed by atoms with E-state index in [1.165, 1.54) is 0 Å². The van der Waals surface area contributed by atoms with E-state index in [9.17, 15) is 38.8 Å². The molecule has 6 N–H and O–H groups in total. The second kappa shape index (κ2) is 33.5. The van der Waals surface area contributed by atoms with E-state index in [2.05, 4.69) is 54.8 Å². The predicted octanol–water partition coefficient (Wildman–Crippen LogP) is 7.76. The molecule has 1 saturated carbocycles. The Labute approximate surface area is 351 Å². The van der Waals surface area contributed by atoms with E-state index in [1.54, 1.807) is 12.2 Å². The molecular formula is C44H72NO13P. The summed E-state index contributed by atoms with van der Waals surface area (Å²) in [5.74, 6) is -3.46. The van der Waals surface area contributed by atoms with Crippen molar-refractivity contribution in [1.82, 2.24) is 0 Å². The lowest BCUT2D eigenvalue weighted by Crippen LogP contribution is -2.34. The van der Waals surface area contributed by atoms with E-state index in [4.69, 9.17) is 24.8 Å². The van der Waals surface area contributed by atoms with Gasteiger partial charge in [-0.15, -0.1) is 0 Å². The molecule has 1 aliphatic rings. The van der Waals surface area contributed by atoms with Gasteiger partial charge in [0.25, 0.3) is 0 Å². The number of rotatable bonds is 35. The monoisotopic (exact) mass is 853 g/mol. The van der Waals surface area contributed by atoms with E-state index in [0.717, 1.165) is 70.6 Å². The number of esters is 2. The number of aliphatic carboxylic acids is 1. The first-order valence-electron chi connectivity index (χ1n) is 21.4. The summed E-state index contributed by atoms with van der Waals surface area (Å²) in [6.07, 6.45) is 30.9. The van der Waals surface area contributed by atoms with E-state index < -0.39 is 75.8 Å². The summed E-state index contributed by atoms with van der Waals surface area (Å²) in [6.45, 7) is 2.28. The Balaban J connectivity index is 2.53. The first-order chi connectivity index (χ1) is 28.3. The van der Waals surface area contributed by atoms with Crippen LogP contribution >= 0.6 is 7.82 Å². The van der Waals surface area contributed by atoms with Crippen LogP contribution in [0.4, 0.5) is 0 Å². The summed E-state index contributed by atoms with van der Waals surface area (Å²) in [6, 6.07) is -1.57. The molecule has 1 fully saturated rings. The SMILES string of the molecule is CC/C=C\C/C=C\C/C=C\CCCCCCCC(=O)O[C@H](COC(=O)CCC/C=C\C[C@H]1[C@@H](O)CC(=O)[C@@H]1/C=C/[C@@H](O)CCCCC)COP(=O)(O)OC[C@H](N)C(=O)O. The topological polar surface area (TPSA) is 229 Å². The maximum absolute atomic E-state index is 12.6. The second-order valence-electron chi connectivity index (χ2n) is 14.9. The Bertz CT molecular complexity index is 1390. The van der Waals surface area contributed by atoms with Gasteiger partial charge in [0.1, 0.15) is 18.4 Å². The predicted molar refractivity (Wildman–Crippen MR) is 227 cm³/mol. The fourth-order valence-corrected chi connectivity index (χ4v) is 6.95. The van der Waals surface area contributed by atoms with Gasteiger partial charge in [-0.2, -0.15) is 0 Å². The minimum Gasteiger partial charge on any atom is -0.480 e. The lowest BCUT2D eigenvalue weighted by atomic mass is 9.90. The quantitative estimate of drug-likeness (QED) is 0.0178. The molecule has 14 nitrogen and oxygen atoms in total. The Morgan fingerprint density at radius 2 is 1.44 bits per heavy atom. The Morgan fingerprint density at radius 1 is 0.814 bits per heavy atom. The number of ketones is 1. The van der Waals surface area contributed by atoms with Crippen LogP contribution in [-0.2, 0) is 42.3 Å². The average Bonchev–Trinajstić information content (AvgIpc) is 3.47. The van der Waals surface area contributed by atoms with Crippen LogP contribution in [0, 0.1) is 11.8 Å². The molecule has 336 valence electrons. The van der Waals surface area contributed by atoms with Crippen molar-refractivity contribution in [3.63, 3.8) is 0 Å². The molecule has 0 saturated heterocycles. The first kappa shape index (κ1) is 53.8. The van der Waals surface area contributed by atoms with Crippen LogP contribution in [0.5, 0.6) is 0 Å². The van der Waals surface area contributed by atoms with Crippen LogP contribution in [0.3, 0.4) is 0 Å². The summed E-state index contributed by atoms with van der Waals surface area (Å²) >= 11 is 0. The minimum atomic E-state index is -4.79. The van der Waals surface area contributed by atoms with Crippen molar-refractivity contribution in [2.75, 3.05) is 19.8 Å². The molecule has 0 radical (unpaired) electrons. The van der Waals surface area contributed by atoms with Gasteiger partial charge < -0.3 is 35.4 Å². The summed E-state index contributed by atoms with van der Waals surface area (Å²) in [4.78, 5) is 58.6. The van der Waals surface area contributed by atoms with Gasteiger partial charge in [0.05, 0.1) is 25.4 Å². The van der Waals surface area contributed by atoms with Crippen molar-refractivity contribution >= 4 is 31.5 Å². The number of carboxylic acid groups (broad SMARTS) is 1. The molecule has 0 aromatic rings. The largest absolute Gasteiger partial charge is 0.480 e. The van der Waals surface area contributed by atoms with Gasteiger partial charge in [-0.3, -0.25) is 28.2 Å². The molecule has 0 bridgehead atoms. The van der Waals surface area contributed by atoms with Gasteiger partial charge in [-0.1, -0.05) is 113 Å². The van der Waals surface area contributed by atoms with Crippen LogP contribution in [0.25, 0.3) is 0 Å². The van der Waals surface area contributed by atoms with Gasteiger partial charge in [0.15, 0.2) is 6.10 Å². The molecule has 0 aliphatic heterocycles. The highest BCUT2D eigenvalue weighted by atomic mass is 31.2. The fraction of sp³-hybridized carbons (Fsp3) is 0.682.